The van der Waals surface area contributed by atoms with Gasteiger partial charge in [-0.2, -0.15) is 0 Å². The molecule has 2 atom stereocenters. The van der Waals surface area contributed by atoms with Gasteiger partial charge in [0.05, 0.1) is 14.2 Å². The van der Waals surface area contributed by atoms with Gasteiger partial charge in [-0.25, -0.2) is 0 Å². The Labute approximate surface area is 153 Å². The molecule has 0 amide bonds. The predicted octanol–water partition coefficient (Wildman–Crippen LogP) is 1.18. The predicted molar refractivity (Wildman–Crippen MR) is 92.5 cm³/mol. The average molecular weight is 380 g/mol. The van der Waals surface area contributed by atoms with E-state index in [4.69, 9.17) is 18.6 Å². The van der Waals surface area contributed by atoms with Crippen molar-refractivity contribution in [2.24, 2.45) is 0 Å². The van der Waals surface area contributed by atoms with Crippen molar-refractivity contribution in [2.45, 2.75) is 31.0 Å². The molecule has 2 unspecified atom stereocenters. The number of phenolic OH excluding ortho intramolecular Hbond substituents is 2. The van der Waals surface area contributed by atoms with Crippen molar-refractivity contribution >= 4 is 16.8 Å². The first kappa shape index (κ1) is 19.0. The van der Waals surface area contributed by atoms with Gasteiger partial charge < -0.3 is 33.9 Å². The maximum Gasteiger partial charge on any atom is 0.238 e. The third-order valence-corrected chi connectivity index (χ3v) is 4.84. The number of carbonyl (C=O) groups excluding carboxylic acids is 1. The van der Waals surface area contributed by atoms with Crippen LogP contribution in [0, 0.1) is 0 Å². The zero-order valence-electron chi connectivity index (χ0n) is 15.1. The number of rotatable bonds is 4. The monoisotopic (exact) mass is 380 g/mol. The zero-order chi connectivity index (χ0) is 19.9. The van der Waals surface area contributed by atoms with Crippen LogP contribution in [-0.4, -0.2) is 48.5 Å². The van der Waals surface area contributed by atoms with E-state index in [1.807, 2.05) is 0 Å². The van der Waals surface area contributed by atoms with E-state index in [0.717, 1.165) is 6.07 Å². The Morgan fingerprint density at radius 3 is 2.48 bits per heavy atom. The standard InChI is InChI=1S/C18H20O9/c1-24-10-6-9(20)12-14(22)16(26-3)17(27-15(12)13(10)21)18(23)5-4-8(19)11(7-18)25-2/h6,11,20-21,23H,4-5,7H2,1-3H3. The highest BCUT2D eigenvalue weighted by atomic mass is 16.5. The van der Waals surface area contributed by atoms with E-state index in [-0.39, 0.29) is 53.3 Å². The average Bonchev–Trinajstić information content (AvgIpc) is 2.65. The minimum Gasteiger partial charge on any atom is -0.507 e. The molecule has 1 saturated carbocycles. The number of phenols is 2. The van der Waals surface area contributed by atoms with E-state index in [9.17, 15) is 24.9 Å². The van der Waals surface area contributed by atoms with Crippen molar-refractivity contribution < 1.29 is 38.7 Å². The van der Waals surface area contributed by atoms with Crippen molar-refractivity contribution in [3.05, 3.63) is 22.0 Å². The quantitative estimate of drug-likeness (QED) is 0.668. The highest BCUT2D eigenvalue weighted by molar-refractivity contribution is 5.91. The summed E-state index contributed by atoms with van der Waals surface area (Å²) in [6.45, 7) is 0. The van der Waals surface area contributed by atoms with Crippen molar-refractivity contribution in [3.8, 4) is 23.0 Å². The number of methoxy groups -OCH3 is 3. The summed E-state index contributed by atoms with van der Waals surface area (Å²) in [5.41, 5.74) is -2.87. The first-order valence-corrected chi connectivity index (χ1v) is 8.19. The van der Waals surface area contributed by atoms with Crippen molar-refractivity contribution in [2.75, 3.05) is 21.3 Å². The lowest BCUT2D eigenvalue weighted by atomic mass is 9.80. The molecule has 3 rings (SSSR count). The van der Waals surface area contributed by atoms with Crippen LogP contribution in [0.3, 0.4) is 0 Å². The van der Waals surface area contributed by atoms with Crippen LogP contribution in [0.4, 0.5) is 0 Å². The van der Waals surface area contributed by atoms with Crippen molar-refractivity contribution in [1.29, 1.82) is 0 Å². The first-order chi connectivity index (χ1) is 12.8. The molecule has 1 aromatic heterocycles. The second-order valence-corrected chi connectivity index (χ2v) is 6.37. The number of carbonyl (C=O) groups is 1. The van der Waals surface area contributed by atoms with E-state index in [1.165, 1.54) is 21.3 Å². The summed E-state index contributed by atoms with van der Waals surface area (Å²) in [6.07, 6.45) is -1.03. The van der Waals surface area contributed by atoms with Crippen LogP contribution in [-0.2, 0) is 15.1 Å². The number of hydrogen-bond donors (Lipinski definition) is 3. The number of aromatic hydroxyl groups is 2. The highest BCUT2D eigenvalue weighted by Gasteiger charge is 2.45. The molecule has 1 aromatic carbocycles. The number of ketones is 1. The van der Waals surface area contributed by atoms with E-state index in [1.54, 1.807) is 0 Å². The Balaban J connectivity index is 2.31. The summed E-state index contributed by atoms with van der Waals surface area (Å²) >= 11 is 0. The fourth-order valence-electron chi connectivity index (χ4n) is 3.38. The summed E-state index contributed by atoms with van der Waals surface area (Å²) < 4.78 is 20.9. The zero-order valence-corrected chi connectivity index (χ0v) is 15.1. The molecular formula is C18H20O9. The molecule has 1 aliphatic rings. The summed E-state index contributed by atoms with van der Waals surface area (Å²) in [7, 11) is 3.83. The Hall–Kier alpha value is -2.78. The largest absolute Gasteiger partial charge is 0.507 e. The van der Waals surface area contributed by atoms with Crippen LogP contribution in [0.2, 0.25) is 0 Å². The SMILES string of the molecule is COc1cc(O)c2c(=O)c(OC)c(C3(O)CCC(=O)C(OC)C3)oc2c1O. The topological polar surface area (TPSA) is 136 Å². The number of aliphatic hydroxyl groups is 1. The van der Waals surface area contributed by atoms with Crippen molar-refractivity contribution in [3.63, 3.8) is 0 Å². The summed E-state index contributed by atoms with van der Waals surface area (Å²) in [5.74, 6) is -1.84. The van der Waals surface area contributed by atoms with E-state index in [0.29, 0.717) is 0 Å². The Kier molecular flexibility index (Phi) is 4.75. The molecule has 1 aliphatic carbocycles. The van der Waals surface area contributed by atoms with Crippen molar-refractivity contribution in [1.82, 2.24) is 0 Å². The van der Waals surface area contributed by atoms with E-state index in [2.05, 4.69) is 0 Å². The summed E-state index contributed by atoms with van der Waals surface area (Å²) in [4.78, 5) is 24.8. The lowest BCUT2D eigenvalue weighted by molar-refractivity contribution is -0.143. The minimum atomic E-state index is -1.74. The molecule has 9 nitrogen and oxygen atoms in total. The molecule has 0 spiro atoms. The molecule has 27 heavy (non-hydrogen) atoms. The van der Waals surface area contributed by atoms with E-state index >= 15 is 0 Å². The molecule has 0 radical (unpaired) electrons. The fraction of sp³-hybridized carbons (Fsp3) is 0.444. The van der Waals surface area contributed by atoms with Gasteiger partial charge in [-0.3, -0.25) is 9.59 Å². The van der Waals surface area contributed by atoms with Crippen LogP contribution >= 0.6 is 0 Å². The van der Waals surface area contributed by atoms with Crippen LogP contribution in [0.15, 0.2) is 15.3 Å². The van der Waals surface area contributed by atoms with E-state index < -0.39 is 28.6 Å². The molecular weight excluding hydrogens is 360 g/mol. The van der Waals surface area contributed by atoms with Crippen LogP contribution in [0.1, 0.15) is 25.0 Å². The second kappa shape index (κ2) is 6.75. The molecule has 1 fully saturated rings. The maximum atomic E-state index is 12.8. The normalized spacial score (nSPS) is 22.8. The van der Waals surface area contributed by atoms with Gasteiger partial charge in [0.2, 0.25) is 16.9 Å². The van der Waals surface area contributed by atoms with Gasteiger partial charge >= 0.3 is 0 Å². The van der Waals surface area contributed by atoms with Gasteiger partial charge in [-0.05, 0) is 6.42 Å². The molecule has 1 heterocycles. The van der Waals surface area contributed by atoms with Gasteiger partial charge in [-0.15, -0.1) is 0 Å². The smallest absolute Gasteiger partial charge is 0.238 e. The van der Waals surface area contributed by atoms with Gasteiger partial charge in [0, 0.05) is 26.0 Å². The lowest BCUT2D eigenvalue weighted by Crippen LogP contribution is -2.42. The Bertz CT molecular complexity index is 962. The molecule has 146 valence electrons. The third kappa shape index (κ3) is 2.88. The number of fused-ring (bicyclic) bond motifs is 1. The molecule has 3 N–H and O–H groups in total. The Morgan fingerprint density at radius 1 is 1.19 bits per heavy atom. The summed E-state index contributed by atoms with van der Waals surface area (Å²) in [6, 6.07) is 1.07. The minimum absolute atomic E-state index is 0.00918. The number of benzene rings is 1. The van der Waals surface area contributed by atoms with Gasteiger partial charge in [0.15, 0.2) is 22.9 Å². The van der Waals surface area contributed by atoms with Crippen LogP contribution < -0.4 is 14.9 Å². The van der Waals surface area contributed by atoms with Gasteiger partial charge in [0.25, 0.3) is 0 Å². The maximum absolute atomic E-state index is 12.8. The van der Waals surface area contributed by atoms with Crippen LogP contribution in [0.25, 0.3) is 11.0 Å². The third-order valence-electron chi connectivity index (χ3n) is 4.84. The van der Waals surface area contributed by atoms with Gasteiger partial charge in [-0.1, -0.05) is 0 Å². The molecule has 0 saturated heterocycles. The molecule has 2 aromatic rings. The number of Topliss-reactive ketones (excluding diaryl/α,β-unsaturated/α-hetero) is 1. The Morgan fingerprint density at radius 2 is 1.89 bits per heavy atom. The summed E-state index contributed by atoms with van der Waals surface area (Å²) in [5, 5.41) is 31.3. The highest BCUT2D eigenvalue weighted by Crippen LogP contribution is 2.45. The first-order valence-electron chi connectivity index (χ1n) is 8.19. The fourth-order valence-corrected chi connectivity index (χ4v) is 3.38. The van der Waals surface area contributed by atoms with Gasteiger partial charge in [0.1, 0.15) is 22.8 Å². The number of ether oxygens (including phenoxy) is 3. The number of hydrogen-bond acceptors (Lipinski definition) is 9. The molecule has 0 bridgehead atoms. The molecule has 9 heteroatoms. The second-order valence-electron chi connectivity index (χ2n) is 6.37. The van der Waals surface area contributed by atoms with Crippen LogP contribution in [0.5, 0.6) is 23.0 Å². The lowest BCUT2D eigenvalue weighted by Gasteiger charge is -2.34. The molecule has 0 aliphatic heterocycles.